The molecule has 5 aromatic carbocycles. The van der Waals surface area contributed by atoms with Crippen molar-refractivity contribution in [2.24, 2.45) is 0 Å². The third-order valence-electron chi connectivity index (χ3n) is 10.8. The van der Waals surface area contributed by atoms with Crippen LogP contribution in [0, 0.1) is 6.92 Å². The Hall–Kier alpha value is -4.78. The molecule has 61 heavy (non-hydrogen) atoms. The number of benzene rings is 5. The molecule has 0 saturated carbocycles. The van der Waals surface area contributed by atoms with Crippen LogP contribution < -0.4 is 0 Å². The number of fused-ring (bicyclic) bond motifs is 2. The Kier molecular flexibility index (Phi) is 21.3. The number of Topliss-reactive ketones (excluding diaryl/α,β-unsaturated/α-hetero) is 1. The van der Waals surface area contributed by atoms with Crippen LogP contribution >= 0.6 is 11.6 Å². The first kappa shape index (κ1) is 48.9. The largest absolute Gasteiger partial charge is 0.294 e. The van der Waals surface area contributed by atoms with Gasteiger partial charge in [0, 0.05) is 28.9 Å². The van der Waals surface area contributed by atoms with E-state index in [2.05, 4.69) is 63.3 Å². The predicted octanol–water partition coefficient (Wildman–Crippen LogP) is 16.8. The fourth-order valence-electron chi connectivity index (χ4n) is 7.31. The zero-order chi connectivity index (χ0) is 43.9. The molecule has 0 atom stereocenters. The fraction of sp³-hybridized carbons (Fsp3) is 0.291. The molecule has 6 heteroatoms. The van der Waals surface area contributed by atoms with E-state index >= 15 is 0 Å². The summed E-state index contributed by atoms with van der Waals surface area (Å²) in [4.78, 5) is 21.1. The summed E-state index contributed by atoms with van der Waals surface area (Å²) in [5.74, 6) is 0.0655. The molecule has 2 heterocycles. The van der Waals surface area contributed by atoms with Gasteiger partial charge in [-0.05, 0) is 38.1 Å². The smallest absolute Gasteiger partial charge is 0.160 e. The van der Waals surface area contributed by atoms with Crippen molar-refractivity contribution in [2.75, 3.05) is 6.61 Å². The summed E-state index contributed by atoms with van der Waals surface area (Å²) in [6.07, 6.45) is 8.10. The summed E-state index contributed by atoms with van der Waals surface area (Å²) in [6.45, 7) is 17.8. The van der Waals surface area contributed by atoms with Gasteiger partial charge in [-0.25, -0.2) is 9.97 Å². The third-order valence-corrected chi connectivity index (χ3v) is 26.1. The van der Waals surface area contributed by atoms with Crippen molar-refractivity contribution < 1.29 is 11.0 Å². The molecule has 4 nitrogen and oxygen atoms in total. The first-order chi connectivity index (χ1) is 29.7. The molecule has 0 aliphatic rings. The maximum absolute atomic E-state index is 11.8. The van der Waals surface area contributed by atoms with Crippen LogP contribution in [-0.4, -0.2) is 40.7 Å². The van der Waals surface area contributed by atoms with E-state index in [0.717, 1.165) is 61.5 Å². The molecule has 0 radical (unpaired) electrons. The molecule has 0 N–H and O–H groups in total. The van der Waals surface area contributed by atoms with Gasteiger partial charge in [-0.3, -0.25) is 4.79 Å². The van der Waals surface area contributed by atoms with Gasteiger partial charge in [0.2, 0.25) is 0 Å². The van der Waals surface area contributed by atoms with Gasteiger partial charge in [-0.15, -0.1) is 0 Å². The summed E-state index contributed by atoms with van der Waals surface area (Å²) in [7, 11) is 0. The Morgan fingerprint density at radius 2 is 1.02 bits per heavy atom. The van der Waals surface area contributed by atoms with Gasteiger partial charge in [0.1, 0.15) is 0 Å². The molecular weight excluding hydrogens is 875 g/mol. The van der Waals surface area contributed by atoms with Crippen LogP contribution in [0.2, 0.25) is 18.3 Å². The SMILES string of the molecule is C=[C](OCC)[Sn]([CH2]CCC)([CH2]CCC)[CH2]CCC.CC(=O)c1cc(-c2ccccc2)nc2ccccc12.Cc1ccccc1.Clc1cc(-c2ccccc2)nc2ccccc12.[2HH]. The quantitative estimate of drug-likeness (QED) is 0.0584. The van der Waals surface area contributed by atoms with Crippen LogP contribution in [0.5, 0.6) is 0 Å². The predicted molar refractivity (Wildman–Crippen MR) is 268 cm³/mol. The standard InChI is InChI=1S/C17H13NO.C15H10ClN.C7H8.C4H7O.3C4H9.Sn.H2/c1-12(19)15-11-17(13-7-3-2-4-8-13)18-16-10-6-5-9-14(15)16;16-13-10-15(11-6-2-1-3-7-11)17-14-9-5-4-8-12(13)14;1-7-5-3-2-4-6-7;1-3-5-4-2;3*1-3-4-2;;/h2-11H,1H3;1-10H;2-6H,1H3;1,4H2,2H3;3*1,3-4H2,2H3;;1H/i;;;;;;;;1+1. The maximum atomic E-state index is 11.8. The monoisotopic (exact) mass is 943 g/mol. The van der Waals surface area contributed by atoms with Crippen molar-refractivity contribution in [3.05, 3.63) is 178 Å². The molecule has 0 aliphatic heterocycles. The van der Waals surface area contributed by atoms with Crippen LogP contribution in [0.1, 0.15) is 90.5 Å². The second-order valence-corrected chi connectivity index (χ2v) is 29.1. The van der Waals surface area contributed by atoms with E-state index in [0.29, 0.717) is 0 Å². The normalized spacial score (nSPS) is 10.7. The number of carbonyl (C=O) groups is 1. The third kappa shape index (κ3) is 15.3. The number of nitrogens with zero attached hydrogens (tertiary/aromatic N) is 2. The molecule has 2 aromatic heterocycles. The van der Waals surface area contributed by atoms with Crippen LogP contribution in [0.4, 0.5) is 0 Å². The first-order valence-electron chi connectivity index (χ1n) is 22.1. The number of hydrogen-bond acceptors (Lipinski definition) is 4. The number of aromatic nitrogens is 2. The molecule has 0 bridgehead atoms. The van der Waals surface area contributed by atoms with Crippen LogP contribution in [0.3, 0.4) is 0 Å². The van der Waals surface area contributed by atoms with Crippen LogP contribution in [0.15, 0.2) is 162 Å². The summed E-state index contributed by atoms with van der Waals surface area (Å²) >= 11 is 4.03. The van der Waals surface area contributed by atoms with Crippen molar-refractivity contribution in [1.29, 1.82) is 0 Å². The number of para-hydroxylation sites is 2. The van der Waals surface area contributed by atoms with Crippen molar-refractivity contribution >= 4 is 57.6 Å². The Morgan fingerprint density at radius 3 is 1.44 bits per heavy atom. The van der Waals surface area contributed by atoms with Crippen molar-refractivity contribution in [2.45, 2.75) is 93.4 Å². The van der Waals surface area contributed by atoms with Crippen molar-refractivity contribution in [3.63, 3.8) is 0 Å². The summed E-state index contributed by atoms with van der Waals surface area (Å²) < 4.78 is 11.6. The second-order valence-electron chi connectivity index (χ2n) is 15.5. The summed E-state index contributed by atoms with van der Waals surface area (Å²) in [5.41, 5.74) is 7.69. The van der Waals surface area contributed by atoms with E-state index in [1.54, 1.807) is 6.92 Å². The van der Waals surface area contributed by atoms with Gasteiger partial charge in [0.05, 0.1) is 27.4 Å². The first-order valence-corrected chi connectivity index (χ1v) is 29.9. The number of carbonyl (C=O) groups excluding carboxylic acids is 1. The van der Waals surface area contributed by atoms with Crippen molar-refractivity contribution in [3.8, 4) is 22.5 Å². The molecule has 7 aromatic rings. The van der Waals surface area contributed by atoms with E-state index in [1.807, 2.05) is 140 Å². The molecule has 7 rings (SSSR count). The molecule has 0 fully saturated rings. The number of pyridine rings is 2. The van der Waals surface area contributed by atoms with Crippen LogP contribution in [-0.2, 0) is 4.74 Å². The molecule has 320 valence electrons. The minimum absolute atomic E-state index is 0. The molecule has 0 aliphatic carbocycles. The van der Waals surface area contributed by atoms with E-state index in [-0.39, 0.29) is 7.21 Å². The summed E-state index contributed by atoms with van der Waals surface area (Å²) in [5, 5.41) is 2.65. The second kappa shape index (κ2) is 26.5. The number of ketones is 1. The van der Waals surface area contributed by atoms with E-state index in [4.69, 9.17) is 16.3 Å². The molecular formula is C55H67ClN2O2Sn. The Morgan fingerprint density at radius 1 is 0.607 bits per heavy atom. The van der Waals surface area contributed by atoms with Gasteiger partial charge in [0.15, 0.2) is 5.78 Å². The maximum Gasteiger partial charge on any atom is 0.160 e. The van der Waals surface area contributed by atoms with Crippen LogP contribution in [0.25, 0.3) is 44.3 Å². The Balaban J connectivity index is 0.000000228. The van der Waals surface area contributed by atoms with Gasteiger partial charge < -0.3 is 0 Å². The minimum atomic E-state index is -2.24. The number of halogens is 1. The zero-order valence-electron chi connectivity index (χ0n) is 37.3. The molecule has 0 saturated heterocycles. The molecule has 0 unspecified atom stereocenters. The average Bonchev–Trinajstić information content (AvgIpc) is 3.30. The van der Waals surface area contributed by atoms with E-state index in [1.165, 1.54) is 61.2 Å². The van der Waals surface area contributed by atoms with Crippen molar-refractivity contribution in [1.82, 2.24) is 9.97 Å². The number of rotatable bonds is 15. The fourth-order valence-corrected chi connectivity index (χ4v) is 22.2. The minimum Gasteiger partial charge on any atom is -0.294 e. The van der Waals surface area contributed by atoms with E-state index < -0.39 is 18.4 Å². The molecule has 0 spiro atoms. The topological polar surface area (TPSA) is 52.1 Å². The summed E-state index contributed by atoms with van der Waals surface area (Å²) in [6, 6.07) is 49.7. The van der Waals surface area contributed by atoms with Gasteiger partial charge in [-0.1, -0.05) is 145 Å². The number of unbranched alkanes of at least 4 members (excludes halogenated alkanes) is 3. The average molecular weight is 943 g/mol. The van der Waals surface area contributed by atoms with Gasteiger partial charge in [-0.2, -0.15) is 0 Å². The Labute approximate surface area is 376 Å². The molecule has 0 amide bonds. The number of ether oxygens (including phenoxy) is 1. The van der Waals surface area contributed by atoms with Gasteiger partial charge >= 0.3 is 120 Å². The number of hydrogen-bond donors (Lipinski definition) is 0. The van der Waals surface area contributed by atoms with E-state index in [9.17, 15) is 4.79 Å². The zero-order valence-corrected chi connectivity index (χ0v) is 40.9. The number of aryl methyl sites for hydroxylation is 1. The van der Waals surface area contributed by atoms with Gasteiger partial charge in [0.25, 0.3) is 0 Å². The Bertz CT molecular complexity index is 2350.